The average Bonchev–Trinajstić information content (AvgIpc) is 1.80. The van der Waals surface area contributed by atoms with Gasteiger partial charge < -0.3 is 0 Å². The Kier molecular flexibility index (Phi) is 7.19. The first kappa shape index (κ1) is 13.5. The summed E-state index contributed by atoms with van der Waals surface area (Å²) in [5, 5.41) is 4.66. The van der Waals surface area contributed by atoms with Gasteiger partial charge in [0.2, 0.25) is 0 Å². The van der Waals surface area contributed by atoms with Crippen LogP contribution >= 0.6 is 0 Å². The topological polar surface area (TPSA) is 0 Å². The van der Waals surface area contributed by atoms with E-state index in [9.17, 15) is 0 Å². The third kappa shape index (κ3) is 8.85. The van der Waals surface area contributed by atoms with Gasteiger partial charge in [-0.05, 0) is 0 Å². The van der Waals surface area contributed by atoms with Crippen molar-refractivity contribution in [2.24, 2.45) is 17.8 Å². The predicted molar refractivity (Wildman–Crippen MR) is 64.7 cm³/mol. The molecule has 0 aliphatic heterocycles. The Balaban J connectivity index is 3.87. The van der Waals surface area contributed by atoms with Crippen molar-refractivity contribution in [3.8, 4) is 0 Å². The summed E-state index contributed by atoms with van der Waals surface area (Å²) < 4.78 is 0. The maximum absolute atomic E-state index is 2.38. The Bertz CT molecular complexity index is 92.5. The van der Waals surface area contributed by atoms with Gasteiger partial charge in [-0.2, -0.15) is 0 Å². The fraction of sp³-hybridized carbons (Fsp3) is 1.00. The Hall–Kier alpha value is 0.532. The van der Waals surface area contributed by atoms with E-state index in [2.05, 4.69) is 41.5 Å². The van der Waals surface area contributed by atoms with E-state index in [0.717, 1.165) is 17.8 Å². The lowest BCUT2D eigenvalue weighted by atomic mass is 10.2. The van der Waals surface area contributed by atoms with Gasteiger partial charge in [-0.1, -0.05) is 75.1 Å². The molecule has 0 bridgehead atoms. The summed E-state index contributed by atoms with van der Waals surface area (Å²) in [6.07, 6.45) is 0. The first-order valence-corrected chi connectivity index (χ1v) is 8.36. The van der Waals surface area contributed by atoms with Crippen LogP contribution in [0.15, 0.2) is 0 Å². The standard InChI is InChI=1S/3C4H9.Al/c3*1-4(2)3;/h3*4H,1H2,2-3H3;/i;;;1-6. The van der Waals surface area contributed by atoms with Gasteiger partial charge in [-0.15, -0.1) is 0 Å². The summed E-state index contributed by atoms with van der Waals surface area (Å²) in [6, 6.07) is 0. The minimum Gasteiger partial charge on any atom is -0.0915 e. The highest BCUT2D eigenvalue weighted by atomic mass is 21.4. The largest absolute Gasteiger partial charge is 0.262 e. The SMILES string of the molecule is CC(C)[CH2][21Al]([CH2]C(C)C)[CH2]C(C)C. The highest BCUT2D eigenvalue weighted by Gasteiger charge is 2.20. The second-order valence-corrected chi connectivity index (χ2v) is 8.90. The lowest BCUT2D eigenvalue weighted by Crippen LogP contribution is -2.19. The summed E-state index contributed by atoms with van der Waals surface area (Å²) in [4.78, 5) is 0. The minimum absolute atomic E-state index is 0.407. The third-order valence-electron chi connectivity index (χ3n) is 2.41. The summed E-state index contributed by atoms with van der Waals surface area (Å²) in [7, 11) is 0. The van der Waals surface area contributed by atoms with Crippen molar-refractivity contribution in [2.45, 2.75) is 57.4 Å². The van der Waals surface area contributed by atoms with Crippen LogP contribution in [-0.2, 0) is 0 Å². The molecule has 1 heteroatoms. The van der Waals surface area contributed by atoms with Gasteiger partial charge in [0.05, 0.1) is 0 Å². The summed E-state index contributed by atoms with van der Waals surface area (Å²) in [5.41, 5.74) is 0. The molecule has 0 N–H and O–H groups in total. The van der Waals surface area contributed by atoms with Crippen molar-refractivity contribution >= 4 is 14.1 Å². The van der Waals surface area contributed by atoms with Crippen LogP contribution in [0.5, 0.6) is 0 Å². The zero-order valence-corrected chi connectivity index (χ0v) is 11.6. The molecule has 78 valence electrons. The first-order valence-electron chi connectivity index (χ1n) is 5.91. The molecule has 0 heterocycles. The van der Waals surface area contributed by atoms with Crippen LogP contribution in [0.3, 0.4) is 0 Å². The lowest BCUT2D eigenvalue weighted by Gasteiger charge is -2.17. The highest BCUT2D eigenvalue weighted by Crippen LogP contribution is 2.20. The Morgan fingerprint density at radius 1 is 0.615 bits per heavy atom. The monoisotopic (exact) mass is 192 g/mol. The Morgan fingerprint density at radius 3 is 1.00 bits per heavy atom. The summed E-state index contributed by atoms with van der Waals surface area (Å²) in [5.74, 6) is 2.78. The van der Waals surface area contributed by atoms with Crippen molar-refractivity contribution in [3.63, 3.8) is 0 Å². The Morgan fingerprint density at radius 2 is 0.846 bits per heavy atom. The van der Waals surface area contributed by atoms with Crippen molar-refractivity contribution < 1.29 is 0 Å². The smallest absolute Gasteiger partial charge is 0.0915 e. The van der Waals surface area contributed by atoms with Gasteiger partial charge in [0.25, 0.3) is 14.1 Å². The molecule has 0 fully saturated rings. The van der Waals surface area contributed by atoms with E-state index in [-0.39, 0.29) is 0 Å². The maximum atomic E-state index is 2.38. The van der Waals surface area contributed by atoms with E-state index in [0.29, 0.717) is 0 Å². The van der Waals surface area contributed by atoms with Crippen molar-refractivity contribution in [2.75, 3.05) is 0 Å². The molecule has 0 aromatic heterocycles. The van der Waals surface area contributed by atoms with Crippen molar-refractivity contribution in [1.29, 1.82) is 0 Å². The van der Waals surface area contributed by atoms with Crippen LogP contribution in [0.25, 0.3) is 0 Å². The van der Waals surface area contributed by atoms with Crippen molar-refractivity contribution in [1.82, 2.24) is 0 Å². The fourth-order valence-electron chi connectivity index (χ4n) is 2.29. The van der Waals surface area contributed by atoms with Gasteiger partial charge in [0.15, 0.2) is 0 Å². The molecule has 0 spiro atoms. The van der Waals surface area contributed by atoms with E-state index < -0.39 is 14.1 Å². The molecule has 0 atom stereocenters. The van der Waals surface area contributed by atoms with E-state index in [4.69, 9.17) is 0 Å². The summed E-state index contributed by atoms with van der Waals surface area (Å²) >= 11 is -0.407. The van der Waals surface area contributed by atoms with E-state index >= 15 is 0 Å². The number of hydrogen-bond donors (Lipinski definition) is 0. The van der Waals surface area contributed by atoms with Crippen LogP contribution in [0, 0.1) is 17.8 Å². The van der Waals surface area contributed by atoms with Gasteiger partial charge in [0, 0.05) is 0 Å². The molecule has 0 nitrogen and oxygen atoms in total. The van der Waals surface area contributed by atoms with Gasteiger partial charge in [-0.3, -0.25) is 0 Å². The summed E-state index contributed by atoms with van der Waals surface area (Å²) in [6.45, 7) is 14.3. The van der Waals surface area contributed by atoms with Gasteiger partial charge in [0.1, 0.15) is 0 Å². The quantitative estimate of drug-likeness (QED) is 0.545. The predicted octanol–water partition coefficient (Wildman–Crippen LogP) is 4.45. The van der Waals surface area contributed by atoms with Crippen molar-refractivity contribution in [3.05, 3.63) is 0 Å². The second-order valence-electron chi connectivity index (χ2n) is 5.75. The van der Waals surface area contributed by atoms with E-state index in [1.807, 2.05) is 0 Å². The van der Waals surface area contributed by atoms with Crippen LogP contribution in [0.4, 0.5) is 0 Å². The lowest BCUT2D eigenvalue weighted by molar-refractivity contribution is 0.659. The number of hydrogen-bond acceptors (Lipinski definition) is 0. The molecule has 0 aromatic carbocycles. The Labute approximate surface area is 89.5 Å². The maximum Gasteiger partial charge on any atom is 0.262 e. The molecule has 0 radical (unpaired) electrons. The first-order chi connectivity index (χ1) is 5.91. The van der Waals surface area contributed by atoms with Crippen LogP contribution in [-0.4, -0.2) is 14.1 Å². The second kappa shape index (κ2) is 6.91. The molecule has 13 heavy (non-hydrogen) atoms. The fourth-order valence-corrected chi connectivity index (χ4v) is 6.87. The van der Waals surface area contributed by atoms with E-state index in [1.165, 1.54) is 0 Å². The molecule has 0 aromatic rings. The molecule has 0 unspecified atom stereocenters. The average molecular weight is 192 g/mol. The molecular formula is C12H27Al. The van der Waals surface area contributed by atoms with Gasteiger partial charge in [-0.25, -0.2) is 0 Å². The van der Waals surface area contributed by atoms with Crippen LogP contribution in [0.2, 0.25) is 15.8 Å². The minimum atomic E-state index is -0.407. The zero-order valence-electron chi connectivity index (χ0n) is 10.4. The highest BCUT2D eigenvalue weighted by molar-refractivity contribution is 6.58. The van der Waals surface area contributed by atoms with E-state index in [1.54, 1.807) is 15.8 Å². The molecule has 0 saturated heterocycles. The molecular weight excluding hydrogens is 165 g/mol. The number of rotatable bonds is 6. The molecule has 0 aliphatic carbocycles. The molecule has 0 saturated carbocycles. The zero-order chi connectivity index (χ0) is 10.4. The molecule has 0 rings (SSSR count). The van der Waals surface area contributed by atoms with Gasteiger partial charge >= 0.3 is 0 Å². The third-order valence-corrected chi connectivity index (χ3v) is 7.24. The normalized spacial score (nSPS) is 11.8. The van der Waals surface area contributed by atoms with Crippen LogP contribution < -0.4 is 0 Å². The molecule has 0 amide bonds. The molecule has 0 aliphatic rings. The van der Waals surface area contributed by atoms with Crippen LogP contribution in [0.1, 0.15) is 41.5 Å².